The van der Waals surface area contributed by atoms with E-state index in [1.54, 1.807) is 12.1 Å². The van der Waals surface area contributed by atoms with Crippen molar-refractivity contribution in [3.8, 4) is 11.5 Å². The highest BCUT2D eigenvalue weighted by molar-refractivity contribution is 5.49. The quantitative estimate of drug-likeness (QED) is 0.924. The number of hydrogen-bond donors (Lipinski definition) is 1. The zero-order valence-corrected chi connectivity index (χ0v) is 14.0. The van der Waals surface area contributed by atoms with Crippen LogP contribution < -0.4 is 9.47 Å². The van der Waals surface area contributed by atoms with Crippen molar-refractivity contribution < 1.29 is 21.4 Å². The molecule has 3 atom stereocenters. The van der Waals surface area contributed by atoms with Crippen LogP contribution in [0.15, 0.2) is 12.1 Å². The van der Waals surface area contributed by atoms with Gasteiger partial charge in [-0.15, -0.1) is 0 Å². The van der Waals surface area contributed by atoms with Crippen molar-refractivity contribution in [2.45, 2.75) is 45.3 Å². The second kappa shape index (κ2) is 6.70. The van der Waals surface area contributed by atoms with Crippen molar-refractivity contribution in [1.29, 1.82) is 0 Å². The minimum absolute atomic E-state index is 0.113. The molecule has 3 rings (SSSR count). The van der Waals surface area contributed by atoms with Crippen LogP contribution in [0.2, 0.25) is 0 Å². The van der Waals surface area contributed by atoms with E-state index in [1.165, 1.54) is 7.11 Å². The molecule has 1 N–H and O–H groups in total. The monoisotopic (exact) mass is 324 g/mol. The Morgan fingerprint density at radius 1 is 1.39 bits per heavy atom. The molecule has 1 aromatic rings. The molecule has 1 saturated heterocycles. The molecule has 1 fully saturated rings. The van der Waals surface area contributed by atoms with Crippen LogP contribution in [0.4, 0.5) is 0 Å². The molecule has 2 aliphatic heterocycles. The number of aliphatic hydroxyl groups excluding tert-OH is 1. The highest BCUT2D eigenvalue weighted by Gasteiger charge is 2.38. The van der Waals surface area contributed by atoms with Gasteiger partial charge in [0, 0.05) is 21.8 Å². The normalized spacial score (nSPS) is 33.4. The molecule has 128 valence electrons. The molecule has 0 bridgehead atoms. The first kappa shape index (κ1) is 11.3. The molecular weight excluding hydrogens is 290 g/mol. The number of methoxy groups -OCH3 is 2. The van der Waals surface area contributed by atoms with Crippen LogP contribution in [-0.4, -0.2) is 43.3 Å². The van der Waals surface area contributed by atoms with Crippen LogP contribution >= 0.6 is 0 Å². The Bertz CT molecular complexity index is 722. The fourth-order valence-electron chi connectivity index (χ4n) is 3.77. The van der Waals surface area contributed by atoms with E-state index in [9.17, 15) is 5.11 Å². The Labute approximate surface area is 146 Å². The van der Waals surface area contributed by atoms with Gasteiger partial charge in [0.1, 0.15) is 0 Å². The lowest BCUT2D eigenvalue weighted by molar-refractivity contribution is -0.0191. The summed E-state index contributed by atoms with van der Waals surface area (Å²) in [5, 5.41) is 10.8. The van der Waals surface area contributed by atoms with Crippen molar-refractivity contribution >= 4 is 0 Å². The van der Waals surface area contributed by atoms with Crippen molar-refractivity contribution in [3.05, 3.63) is 23.3 Å². The number of benzene rings is 1. The average Bonchev–Trinajstić information content (AvgIpc) is 2.56. The van der Waals surface area contributed by atoms with E-state index in [2.05, 4.69) is 0 Å². The van der Waals surface area contributed by atoms with E-state index in [0.717, 1.165) is 11.1 Å². The molecule has 0 radical (unpaired) electrons. The Kier molecular flexibility index (Phi) is 3.30. The minimum Gasteiger partial charge on any atom is -0.493 e. The van der Waals surface area contributed by atoms with Crippen LogP contribution in [0.1, 0.15) is 50.7 Å². The lowest BCUT2D eigenvalue weighted by Crippen LogP contribution is -2.48. The maximum absolute atomic E-state index is 10.8. The highest BCUT2D eigenvalue weighted by Crippen LogP contribution is 2.43. The fraction of sp³-hybridized carbons (Fsp3) is 0.684. The molecule has 4 heteroatoms. The summed E-state index contributed by atoms with van der Waals surface area (Å²) in [5.74, 6) is 0.288. The number of hydrogen-bond acceptors (Lipinski definition) is 4. The Hall–Kier alpha value is -1.26. The molecule has 2 aliphatic rings. The number of aliphatic hydroxyl groups is 1. The number of nitrogens with zero attached hydrogens (tertiary/aromatic N) is 1. The summed E-state index contributed by atoms with van der Waals surface area (Å²) in [5.41, 5.74) is 1.78. The SMILES string of the molecule is [2H]C([2H])([2H])Oc1cc2c(cc1OC)CCN1C2CC(O)C(CC(C)C)C1([2H])[2H]. The van der Waals surface area contributed by atoms with E-state index in [-0.39, 0.29) is 17.7 Å². The molecule has 0 amide bonds. The summed E-state index contributed by atoms with van der Waals surface area (Å²) in [6.07, 6.45) is 0.878. The smallest absolute Gasteiger partial charge is 0.161 e. The Balaban J connectivity index is 2.00. The van der Waals surface area contributed by atoms with Crippen LogP contribution in [0, 0.1) is 11.8 Å². The number of ether oxygens (including phenoxy) is 2. The predicted molar refractivity (Wildman–Crippen MR) is 91.1 cm³/mol. The average molecular weight is 324 g/mol. The van der Waals surface area contributed by atoms with Crippen molar-refractivity contribution in [3.63, 3.8) is 0 Å². The molecule has 0 aliphatic carbocycles. The van der Waals surface area contributed by atoms with Gasteiger partial charge in [-0.1, -0.05) is 13.8 Å². The van der Waals surface area contributed by atoms with Gasteiger partial charge in [0.15, 0.2) is 11.5 Å². The van der Waals surface area contributed by atoms with Gasteiger partial charge >= 0.3 is 0 Å². The summed E-state index contributed by atoms with van der Waals surface area (Å²) in [4.78, 5) is 1.82. The fourth-order valence-corrected chi connectivity index (χ4v) is 3.77. The first-order valence-electron chi connectivity index (χ1n) is 10.8. The third-order valence-electron chi connectivity index (χ3n) is 4.88. The third-order valence-corrected chi connectivity index (χ3v) is 4.88. The number of piperidine rings is 1. The lowest BCUT2D eigenvalue weighted by Gasteiger charge is -2.46. The first-order valence-corrected chi connectivity index (χ1v) is 8.28. The van der Waals surface area contributed by atoms with Gasteiger partial charge in [0.05, 0.1) is 24.4 Å². The van der Waals surface area contributed by atoms with Gasteiger partial charge in [-0.2, -0.15) is 0 Å². The molecule has 0 saturated carbocycles. The largest absolute Gasteiger partial charge is 0.493 e. The predicted octanol–water partition coefficient (Wildman–Crippen LogP) is 3.03. The van der Waals surface area contributed by atoms with Crippen LogP contribution in [0.25, 0.3) is 0 Å². The highest BCUT2D eigenvalue weighted by atomic mass is 16.5. The Morgan fingerprint density at radius 2 is 2.17 bits per heavy atom. The summed E-state index contributed by atoms with van der Waals surface area (Å²) < 4.78 is 50.1. The molecule has 1 aromatic carbocycles. The van der Waals surface area contributed by atoms with Crippen molar-refractivity contribution in [2.75, 3.05) is 27.2 Å². The van der Waals surface area contributed by atoms with Crippen LogP contribution in [0.5, 0.6) is 11.5 Å². The maximum Gasteiger partial charge on any atom is 0.161 e. The second-order valence-corrected chi connectivity index (χ2v) is 6.93. The number of rotatable bonds is 4. The van der Waals surface area contributed by atoms with E-state index in [1.807, 2.05) is 18.7 Å². The zero-order valence-electron chi connectivity index (χ0n) is 19.0. The van der Waals surface area contributed by atoms with E-state index < -0.39 is 25.6 Å². The van der Waals surface area contributed by atoms with Gasteiger partial charge in [-0.3, -0.25) is 4.90 Å². The van der Waals surface area contributed by atoms with E-state index in [4.69, 9.17) is 16.3 Å². The van der Waals surface area contributed by atoms with E-state index >= 15 is 0 Å². The summed E-state index contributed by atoms with van der Waals surface area (Å²) in [6.45, 7) is 2.96. The Morgan fingerprint density at radius 3 is 2.87 bits per heavy atom. The van der Waals surface area contributed by atoms with Gasteiger partial charge in [-0.05, 0) is 54.4 Å². The first-order chi connectivity index (χ1) is 12.9. The summed E-state index contributed by atoms with van der Waals surface area (Å²) in [7, 11) is -1.15. The van der Waals surface area contributed by atoms with Crippen molar-refractivity contribution in [1.82, 2.24) is 4.90 Å². The van der Waals surface area contributed by atoms with Crippen LogP contribution in [-0.2, 0) is 6.42 Å². The summed E-state index contributed by atoms with van der Waals surface area (Å²) in [6, 6.07) is 3.08. The second-order valence-electron chi connectivity index (χ2n) is 6.93. The van der Waals surface area contributed by atoms with E-state index in [0.29, 0.717) is 31.6 Å². The molecule has 23 heavy (non-hydrogen) atoms. The number of fused-ring (bicyclic) bond motifs is 3. The third kappa shape index (κ3) is 3.20. The van der Waals surface area contributed by atoms with Gasteiger partial charge in [0.2, 0.25) is 0 Å². The molecule has 2 heterocycles. The molecule has 0 aromatic heterocycles. The zero-order chi connectivity index (χ0) is 20.9. The molecular formula is C19H29NO3. The van der Waals surface area contributed by atoms with Crippen molar-refractivity contribution in [2.24, 2.45) is 11.8 Å². The van der Waals surface area contributed by atoms with Gasteiger partial charge < -0.3 is 14.6 Å². The van der Waals surface area contributed by atoms with Crippen LogP contribution in [0.3, 0.4) is 0 Å². The minimum atomic E-state index is -2.61. The molecule has 0 spiro atoms. The topological polar surface area (TPSA) is 41.9 Å². The molecule has 3 unspecified atom stereocenters. The van der Waals surface area contributed by atoms with Gasteiger partial charge in [0.25, 0.3) is 0 Å². The molecule has 4 nitrogen and oxygen atoms in total. The summed E-state index contributed by atoms with van der Waals surface area (Å²) >= 11 is 0. The van der Waals surface area contributed by atoms with Gasteiger partial charge in [-0.25, -0.2) is 0 Å². The standard InChI is InChI=1S/C19H29NO3/c1-12(2)7-14-11-20-6-5-13-8-18(22-3)19(23-4)9-15(13)16(20)10-17(14)21/h8-9,12,14,16-17,21H,5-7,10-11H2,1-4H3/i4D3,11D2. The lowest BCUT2D eigenvalue weighted by atomic mass is 9.79. The maximum atomic E-state index is 10.8.